The fourth-order valence-electron chi connectivity index (χ4n) is 3.16. The molecule has 0 aliphatic carbocycles. The van der Waals surface area contributed by atoms with Crippen LogP contribution in [0.4, 0.5) is 11.8 Å². The molecule has 0 spiro atoms. The van der Waals surface area contributed by atoms with Crippen molar-refractivity contribution in [3.05, 3.63) is 48.2 Å². The zero-order valence-electron chi connectivity index (χ0n) is 16.2. The predicted octanol–water partition coefficient (Wildman–Crippen LogP) is 3.31. The van der Waals surface area contributed by atoms with Gasteiger partial charge in [-0.1, -0.05) is 62.2 Å². The molecule has 3 rings (SSSR count). The predicted molar refractivity (Wildman–Crippen MR) is 112 cm³/mol. The zero-order chi connectivity index (χ0) is 18.7. The van der Waals surface area contributed by atoms with E-state index in [9.17, 15) is 0 Å². The second-order valence-corrected chi connectivity index (χ2v) is 6.87. The molecule has 1 N–H and O–H groups in total. The number of hydrogen-bond acceptors (Lipinski definition) is 6. The Kier molecular flexibility index (Phi) is 7.59. The molecule has 0 radical (unpaired) electrons. The van der Waals surface area contributed by atoms with Crippen molar-refractivity contribution in [1.82, 2.24) is 20.1 Å². The highest BCUT2D eigenvalue weighted by Crippen LogP contribution is 2.14. The van der Waals surface area contributed by atoms with Crippen LogP contribution in [0.1, 0.15) is 31.7 Å². The number of unbranched alkanes of at least 4 members (excludes halogenated alkanes) is 2. The molecule has 27 heavy (non-hydrogen) atoms. The second-order valence-electron chi connectivity index (χ2n) is 6.87. The van der Waals surface area contributed by atoms with E-state index >= 15 is 0 Å². The Hall–Kier alpha value is -2.47. The van der Waals surface area contributed by atoms with Crippen LogP contribution in [0.25, 0.3) is 6.08 Å². The standard InChI is InChI=1S/C21H30N6/c1-2-3-7-12-22-21-24-20(18-23-25-21)27-16-14-26(15-17-27)13-8-11-19-9-5-4-6-10-19/h4-6,8-11,18H,2-3,7,12-17H2,1H3,(H,22,24,25)/b11-8+. The number of benzene rings is 1. The molecular weight excluding hydrogens is 336 g/mol. The Balaban J connectivity index is 1.44. The molecule has 0 unspecified atom stereocenters. The van der Waals surface area contributed by atoms with Crippen LogP contribution in [0.3, 0.4) is 0 Å². The largest absolute Gasteiger partial charge is 0.353 e. The van der Waals surface area contributed by atoms with E-state index in [1.165, 1.54) is 18.4 Å². The highest BCUT2D eigenvalue weighted by molar-refractivity contribution is 5.48. The fourth-order valence-corrected chi connectivity index (χ4v) is 3.16. The van der Waals surface area contributed by atoms with Gasteiger partial charge in [-0.2, -0.15) is 10.1 Å². The summed E-state index contributed by atoms with van der Waals surface area (Å²) in [5.41, 5.74) is 1.25. The molecule has 144 valence electrons. The average Bonchev–Trinajstić information content (AvgIpc) is 2.73. The van der Waals surface area contributed by atoms with Gasteiger partial charge in [-0.05, 0) is 12.0 Å². The summed E-state index contributed by atoms with van der Waals surface area (Å²) in [6.45, 7) is 8.08. The van der Waals surface area contributed by atoms with Crippen LogP contribution in [0.2, 0.25) is 0 Å². The molecule has 6 nitrogen and oxygen atoms in total. The summed E-state index contributed by atoms with van der Waals surface area (Å²) in [6.07, 6.45) is 9.78. The molecule has 1 aromatic heterocycles. The Morgan fingerprint density at radius 3 is 2.67 bits per heavy atom. The quantitative estimate of drug-likeness (QED) is 0.687. The molecular formula is C21H30N6. The Bertz CT molecular complexity index is 695. The second kappa shape index (κ2) is 10.6. The molecule has 1 aliphatic heterocycles. The van der Waals surface area contributed by atoms with Gasteiger partial charge in [0, 0.05) is 39.3 Å². The highest BCUT2D eigenvalue weighted by atomic mass is 15.3. The first-order valence-corrected chi connectivity index (χ1v) is 9.97. The summed E-state index contributed by atoms with van der Waals surface area (Å²) in [7, 11) is 0. The summed E-state index contributed by atoms with van der Waals surface area (Å²) in [6, 6.07) is 10.4. The molecule has 0 bridgehead atoms. The normalized spacial score (nSPS) is 15.4. The van der Waals surface area contributed by atoms with Crippen LogP contribution < -0.4 is 10.2 Å². The van der Waals surface area contributed by atoms with Crippen molar-refractivity contribution < 1.29 is 0 Å². The van der Waals surface area contributed by atoms with E-state index in [4.69, 9.17) is 0 Å². The van der Waals surface area contributed by atoms with E-state index in [1.54, 1.807) is 6.20 Å². The molecule has 0 amide bonds. The van der Waals surface area contributed by atoms with Crippen LogP contribution in [0, 0.1) is 0 Å². The van der Waals surface area contributed by atoms with Crippen molar-refractivity contribution in [1.29, 1.82) is 0 Å². The summed E-state index contributed by atoms with van der Waals surface area (Å²) in [5, 5.41) is 11.5. The van der Waals surface area contributed by atoms with Gasteiger partial charge in [-0.25, -0.2) is 0 Å². The monoisotopic (exact) mass is 366 g/mol. The molecule has 6 heteroatoms. The van der Waals surface area contributed by atoms with Gasteiger partial charge in [-0.3, -0.25) is 4.90 Å². The van der Waals surface area contributed by atoms with Gasteiger partial charge in [0.25, 0.3) is 0 Å². The van der Waals surface area contributed by atoms with Gasteiger partial charge in [0.05, 0.1) is 6.20 Å². The first-order valence-electron chi connectivity index (χ1n) is 9.97. The molecule has 1 fully saturated rings. The average molecular weight is 367 g/mol. The number of aromatic nitrogens is 3. The van der Waals surface area contributed by atoms with Crippen molar-refractivity contribution in [3.8, 4) is 0 Å². The van der Waals surface area contributed by atoms with Gasteiger partial charge >= 0.3 is 0 Å². The van der Waals surface area contributed by atoms with E-state index in [1.807, 2.05) is 6.07 Å². The van der Waals surface area contributed by atoms with Crippen molar-refractivity contribution in [3.63, 3.8) is 0 Å². The smallest absolute Gasteiger partial charge is 0.244 e. The molecule has 0 saturated carbocycles. The lowest BCUT2D eigenvalue weighted by molar-refractivity contribution is 0.283. The number of nitrogens with one attached hydrogen (secondary N) is 1. The third kappa shape index (κ3) is 6.32. The minimum atomic E-state index is 0.636. The molecule has 1 aliphatic rings. The Morgan fingerprint density at radius 1 is 1.07 bits per heavy atom. The van der Waals surface area contributed by atoms with E-state index in [2.05, 4.69) is 73.6 Å². The zero-order valence-corrected chi connectivity index (χ0v) is 16.2. The summed E-state index contributed by atoms with van der Waals surface area (Å²) >= 11 is 0. The van der Waals surface area contributed by atoms with Crippen molar-refractivity contribution >= 4 is 17.8 Å². The van der Waals surface area contributed by atoms with Crippen LogP contribution in [-0.4, -0.2) is 59.3 Å². The topological polar surface area (TPSA) is 57.2 Å². The third-order valence-electron chi connectivity index (χ3n) is 4.78. The summed E-state index contributed by atoms with van der Waals surface area (Å²) in [5.74, 6) is 1.55. The molecule has 2 heterocycles. The van der Waals surface area contributed by atoms with Crippen molar-refractivity contribution in [2.75, 3.05) is 49.5 Å². The number of nitrogens with zero attached hydrogens (tertiary/aromatic N) is 5. The molecule has 0 atom stereocenters. The highest BCUT2D eigenvalue weighted by Gasteiger charge is 2.18. The van der Waals surface area contributed by atoms with E-state index in [0.29, 0.717) is 5.95 Å². The van der Waals surface area contributed by atoms with Gasteiger partial charge in [0.15, 0.2) is 5.82 Å². The number of anilines is 2. The minimum Gasteiger partial charge on any atom is -0.353 e. The van der Waals surface area contributed by atoms with Gasteiger partial charge in [0.2, 0.25) is 5.95 Å². The van der Waals surface area contributed by atoms with Crippen LogP contribution >= 0.6 is 0 Å². The SMILES string of the molecule is CCCCCNc1nncc(N2CCN(C/C=C/c3ccccc3)CC2)n1. The number of piperazine rings is 1. The number of hydrogen-bond donors (Lipinski definition) is 1. The van der Waals surface area contributed by atoms with Gasteiger partial charge in [0.1, 0.15) is 0 Å². The maximum atomic E-state index is 4.63. The molecule has 2 aromatic rings. The summed E-state index contributed by atoms with van der Waals surface area (Å²) in [4.78, 5) is 9.39. The first-order chi connectivity index (χ1) is 13.3. The molecule has 1 aromatic carbocycles. The van der Waals surface area contributed by atoms with Crippen molar-refractivity contribution in [2.24, 2.45) is 0 Å². The van der Waals surface area contributed by atoms with E-state index in [-0.39, 0.29) is 0 Å². The Morgan fingerprint density at radius 2 is 1.89 bits per heavy atom. The van der Waals surface area contributed by atoms with Gasteiger partial charge in [-0.15, -0.1) is 5.10 Å². The van der Waals surface area contributed by atoms with Crippen LogP contribution in [0.5, 0.6) is 0 Å². The Labute approximate surface area is 162 Å². The first kappa shape index (κ1) is 19.3. The maximum Gasteiger partial charge on any atom is 0.244 e. The van der Waals surface area contributed by atoms with E-state index in [0.717, 1.165) is 51.5 Å². The minimum absolute atomic E-state index is 0.636. The lowest BCUT2D eigenvalue weighted by Crippen LogP contribution is -2.46. The maximum absolute atomic E-state index is 4.63. The van der Waals surface area contributed by atoms with Crippen molar-refractivity contribution in [2.45, 2.75) is 26.2 Å². The lowest BCUT2D eigenvalue weighted by Gasteiger charge is -2.34. The van der Waals surface area contributed by atoms with Crippen LogP contribution in [0.15, 0.2) is 42.6 Å². The van der Waals surface area contributed by atoms with E-state index < -0.39 is 0 Å². The molecule has 1 saturated heterocycles. The third-order valence-corrected chi connectivity index (χ3v) is 4.78. The number of rotatable bonds is 9. The summed E-state index contributed by atoms with van der Waals surface area (Å²) < 4.78 is 0. The van der Waals surface area contributed by atoms with Crippen LogP contribution in [-0.2, 0) is 0 Å². The fraction of sp³-hybridized carbons (Fsp3) is 0.476. The lowest BCUT2D eigenvalue weighted by atomic mass is 10.2. The van der Waals surface area contributed by atoms with Gasteiger partial charge < -0.3 is 10.2 Å².